The number of carbonyl (C=O) groups excluding carboxylic acids is 1. The number of carboxylic acids is 1. The van der Waals surface area contributed by atoms with Crippen molar-refractivity contribution in [3.8, 4) is 0 Å². The van der Waals surface area contributed by atoms with Gasteiger partial charge < -0.3 is 15.2 Å². The lowest BCUT2D eigenvalue weighted by atomic mass is 10.1. The van der Waals surface area contributed by atoms with E-state index in [0.717, 1.165) is 19.3 Å². The molecule has 2 rings (SSSR count). The van der Waals surface area contributed by atoms with Crippen LogP contribution in [0.4, 0.5) is 0 Å². The summed E-state index contributed by atoms with van der Waals surface area (Å²) in [5.74, 6) is -0.901. The number of rotatable bonds is 4. The molecular weight excluding hydrogens is 236 g/mol. The first-order valence-electron chi connectivity index (χ1n) is 6.51. The minimum absolute atomic E-state index is 0.0740. The molecule has 2 heterocycles. The highest BCUT2D eigenvalue weighted by Crippen LogP contribution is 2.16. The number of likely N-dealkylation sites (tertiary alicyclic amines) is 1. The van der Waals surface area contributed by atoms with Crippen molar-refractivity contribution in [3.05, 3.63) is 0 Å². The van der Waals surface area contributed by atoms with Gasteiger partial charge in [0.15, 0.2) is 0 Å². The zero-order chi connectivity index (χ0) is 13.0. The van der Waals surface area contributed by atoms with Gasteiger partial charge in [-0.3, -0.25) is 14.5 Å². The van der Waals surface area contributed by atoms with Gasteiger partial charge in [-0.25, -0.2) is 0 Å². The third-order valence-corrected chi connectivity index (χ3v) is 3.58. The number of carbonyl (C=O) groups is 2. The average Bonchev–Trinajstić information content (AvgIpc) is 2.78. The van der Waals surface area contributed by atoms with E-state index in [1.165, 1.54) is 0 Å². The van der Waals surface area contributed by atoms with Gasteiger partial charge in [0, 0.05) is 19.3 Å². The Bertz CT molecular complexity index is 315. The molecule has 0 spiro atoms. The maximum Gasteiger partial charge on any atom is 0.320 e. The number of nitrogens with one attached hydrogen (secondary N) is 1. The second kappa shape index (κ2) is 6.15. The number of aliphatic carboxylic acids is 1. The molecule has 1 amide bonds. The van der Waals surface area contributed by atoms with Crippen molar-refractivity contribution in [1.82, 2.24) is 10.2 Å². The third-order valence-electron chi connectivity index (χ3n) is 3.58. The van der Waals surface area contributed by atoms with Gasteiger partial charge in [0.2, 0.25) is 5.91 Å². The van der Waals surface area contributed by atoms with Gasteiger partial charge in [0.25, 0.3) is 0 Å². The molecule has 2 aliphatic heterocycles. The van der Waals surface area contributed by atoms with Crippen LogP contribution in [0.25, 0.3) is 0 Å². The molecule has 2 fully saturated rings. The summed E-state index contributed by atoms with van der Waals surface area (Å²) >= 11 is 0. The molecule has 102 valence electrons. The Balaban J connectivity index is 1.77. The van der Waals surface area contributed by atoms with Crippen LogP contribution in [0.15, 0.2) is 0 Å². The maximum atomic E-state index is 11.8. The van der Waals surface area contributed by atoms with Crippen molar-refractivity contribution >= 4 is 11.9 Å². The van der Waals surface area contributed by atoms with E-state index in [1.54, 1.807) is 4.90 Å². The Labute approximate surface area is 106 Å². The highest BCUT2D eigenvalue weighted by Gasteiger charge is 2.31. The topological polar surface area (TPSA) is 78.9 Å². The Hall–Kier alpha value is -1.14. The van der Waals surface area contributed by atoms with Crippen LogP contribution in [0.2, 0.25) is 0 Å². The lowest BCUT2D eigenvalue weighted by Gasteiger charge is -2.25. The van der Waals surface area contributed by atoms with Crippen LogP contribution in [0.5, 0.6) is 0 Å². The molecule has 18 heavy (non-hydrogen) atoms. The maximum absolute atomic E-state index is 11.8. The summed E-state index contributed by atoms with van der Waals surface area (Å²) in [6.07, 6.45) is 3.17. The second-order valence-electron chi connectivity index (χ2n) is 4.92. The largest absolute Gasteiger partial charge is 0.480 e. The Morgan fingerprint density at radius 2 is 2.00 bits per heavy atom. The molecule has 0 aromatic carbocycles. The predicted octanol–water partition coefficient (Wildman–Crippen LogP) is -0.169. The van der Waals surface area contributed by atoms with E-state index in [0.29, 0.717) is 26.2 Å². The first-order chi connectivity index (χ1) is 8.66. The normalized spacial score (nSPS) is 26.1. The highest BCUT2D eigenvalue weighted by atomic mass is 16.5. The van der Waals surface area contributed by atoms with Crippen molar-refractivity contribution in [3.63, 3.8) is 0 Å². The van der Waals surface area contributed by atoms with Crippen molar-refractivity contribution in [1.29, 1.82) is 0 Å². The molecule has 0 aromatic rings. The van der Waals surface area contributed by atoms with Crippen LogP contribution < -0.4 is 5.32 Å². The van der Waals surface area contributed by atoms with Crippen molar-refractivity contribution in [2.45, 2.75) is 37.8 Å². The SMILES string of the molecule is O=C(CN1CCCC1C(=O)O)NC1CCOCC1. The van der Waals surface area contributed by atoms with E-state index in [1.807, 2.05) is 0 Å². The van der Waals surface area contributed by atoms with Gasteiger partial charge >= 0.3 is 5.97 Å². The van der Waals surface area contributed by atoms with E-state index < -0.39 is 12.0 Å². The number of nitrogens with zero attached hydrogens (tertiary/aromatic N) is 1. The molecule has 2 saturated heterocycles. The summed E-state index contributed by atoms with van der Waals surface area (Å²) in [6.45, 7) is 2.26. The molecule has 0 aromatic heterocycles. The lowest BCUT2D eigenvalue weighted by molar-refractivity contribution is -0.142. The predicted molar refractivity (Wildman–Crippen MR) is 64.2 cm³/mol. The Morgan fingerprint density at radius 1 is 1.28 bits per heavy atom. The van der Waals surface area contributed by atoms with Crippen LogP contribution in [0.3, 0.4) is 0 Å². The minimum Gasteiger partial charge on any atom is -0.480 e. The van der Waals surface area contributed by atoms with Crippen LogP contribution >= 0.6 is 0 Å². The van der Waals surface area contributed by atoms with E-state index in [2.05, 4.69) is 5.32 Å². The summed E-state index contributed by atoms with van der Waals surface area (Å²) in [4.78, 5) is 24.6. The minimum atomic E-state index is -0.827. The number of hydrogen-bond acceptors (Lipinski definition) is 4. The lowest BCUT2D eigenvalue weighted by Crippen LogP contribution is -2.46. The molecule has 0 radical (unpaired) electrons. The fourth-order valence-electron chi connectivity index (χ4n) is 2.59. The monoisotopic (exact) mass is 256 g/mol. The summed E-state index contributed by atoms with van der Waals surface area (Å²) in [5.41, 5.74) is 0. The van der Waals surface area contributed by atoms with E-state index in [4.69, 9.17) is 9.84 Å². The van der Waals surface area contributed by atoms with Crippen molar-refractivity contribution < 1.29 is 19.4 Å². The average molecular weight is 256 g/mol. The fourth-order valence-corrected chi connectivity index (χ4v) is 2.59. The number of ether oxygens (including phenoxy) is 1. The summed E-state index contributed by atoms with van der Waals surface area (Å²) in [6, 6.07) is -0.317. The zero-order valence-corrected chi connectivity index (χ0v) is 10.4. The van der Waals surface area contributed by atoms with Crippen molar-refractivity contribution in [2.24, 2.45) is 0 Å². The van der Waals surface area contributed by atoms with Crippen LogP contribution in [-0.2, 0) is 14.3 Å². The third kappa shape index (κ3) is 3.43. The molecule has 0 saturated carbocycles. The summed E-state index contributed by atoms with van der Waals surface area (Å²) < 4.78 is 5.22. The first kappa shape index (κ1) is 13.3. The van der Waals surface area contributed by atoms with Gasteiger partial charge in [-0.1, -0.05) is 0 Å². The quantitative estimate of drug-likeness (QED) is 0.730. The molecular formula is C12H20N2O4. The van der Waals surface area contributed by atoms with Gasteiger partial charge in [-0.2, -0.15) is 0 Å². The molecule has 2 N–H and O–H groups in total. The Kier molecular flexibility index (Phi) is 4.54. The van der Waals surface area contributed by atoms with Gasteiger partial charge in [-0.15, -0.1) is 0 Å². The standard InChI is InChI=1S/C12H20N2O4/c15-11(13-9-3-6-18-7-4-9)8-14-5-1-2-10(14)12(16)17/h9-10H,1-8H2,(H,13,15)(H,16,17). The number of amides is 1. The molecule has 1 atom stereocenters. The number of hydrogen-bond donors (Lipinski definition) is 2. The first-order valence-corrected chi connectivity index (χ1v) is 6.51. The van der Waals surface area contributed by atoms with Gasteiger partial charge in [-0.05, 0) is 32.2 Å². The van der Waals surface area contributed by atoms with Crippen LogP contribution in [0.1, 0.15) is 25.7 Å². The van der Waals surface area contributed by atoms with Crippen molar-refractivity contribution in [2.75, 3.05) is 26.3 Å². The Morgan fingerprint density at radius 3 is 2.67 bits per heavy atom. The number of carboxylic acid groups (broad SMARTS) is 1. The van der Waals surface area contributed by atoms with Gasteiger partial charge in [0.05, 0.1) is 6.54 Å². The summed E-state index contributed by atoms with van der Waals surface area (Å²) in [5, 5.41) is 12.0. The smallest absolute Gasteiger partial charge is 0.320 e. The molecule has 6 heteroatoms. The highest BCUT2D eigenvalue weighted by molar-refractivity contribution is 5.80. The van der Waals surface area contributed by atoms with E-state index in [9.17, 15) is 9.59 Å². The molecule has 1 unspecified atom stereocenters. The molecule has 2 aliphatic rings. The zero-order valence-electron chi connectivity index (χ0n) is 10.4. The van der Waals surface area contributed by atoms with Crippen LogP contribution in [-0.4, -0.2) is 60.3 Å². The molecule has 0 aliphatic carbocycles. The fraction of sp³-hybridized carbons (Fsp3) is 0.833. The molecule has 0 bridgehead atoms. The summed E-state index contributed by atoms with van der Waals surface area (Å²) in [7, 11) is 0. The van der Waals surface area contributed by atoms with Gasteiger partial charge in [0.1, 0.15) is 6.04 Å². The second-order valence-corrected chi connectivity index (χ2v) is 4.92. The molecule has 6 nitrogen and oxygen atoms in total. The van der Waals surface area contributed by atoms with E-state index in [-0.39, 0.29) is 18.5 Å². The van der Waals surface area contributed by atoms with Crippen LogP contribution in [0, 0.1) is 0 Å². The van der Waals surface area contributed by atoms with E-state index >= 15 is 0 Å².